The highest BCUT2D eigenvalue weighted by Gasteiger charge is 2.55. The molecule has 14 heteroatoms. The molecule has 3 heterocycles. The molecule has 0 bridgehead atoms. The number of hydrogen-bond donors (Lipinski definition) is 2. The monoisotopic (exact) mass is 797 g/mol. The molecule has 7 rings (SSSR count). The molecule has 14 nitrogen and oxygen atoms in total. The number of esters is 2. The summed E-state index contributed by atoms with van der Waals surface area (Å²) in [5.41, 5.74) is 10.4. The van der Waals surface area contributed by atoms with E-state index in [0.717, 1.165) is 30.5 Å². The molecule has 5 aromatic rings. The third-order valence-corrected chi connectivity index (χ3v) is 10.9. The van der Waals surface area contributed by atoms with E-state index in [1.165, 1.54) is 24.3 Å². The minimum absolute atomic E-state index is 0.171. The third-order valence-electron chi connectivity index (χ3n) is 10.9. The molecule has 2 saturated heterocycles. The van der Waals surface area contributed by atoms with Crippen LogP contribution in [0.1, 0.15) is 73.9 Å². The molecule has 4 aromatic carbocycles. The zero-order chi connectivity index (χ0) is 41.9. The van der Waals surface area contributed by atoms with Crippen molar-refractivity contribution in [3.63, 3.8) is 0 Å². The number of aromatic nitrogens is 1. The Morgan fingerprint density at radius 1 is 0.610 bits per heavy atom. The van der Waals surface area contributed by atoms with E-state index in [1.807, 2.05) is 48.5 Å². The van der Waals surface area contributed by atoms with Gasteiger partial charge in [-0.25, -0.2) is 4.98 Å². The minimum atomic E-state index is -2.32. The Hall–Kier alpha value is -7.09. The average Bonchev–Trinajstić information content (AvgIpc) is 4.04. The molecule has 0 aliphatic carbocycles. The predicted molar refractivity (Wildman–Crippen MR) is 213 cm³/mol. The lowest BCUT2D eigenvalue weighted by Crippen LogP contribution is -2.56. The summed E-state index contributed by atoms with van der Waals surface area (Å²) < 4.78 is 17.1. The molecule has 2 aliphatic rings. The lowest BCUT2D eigenvalue weighted by molar-refractivity contribution is -0.179. The van der Waals surface area contributed by atoms with Crippen molar-refractivity contribution >= 4 is 35.6 Å². The summed E-state index contributed by atoms with van der Waals surface area (Å²) in [6.45, 7) is 2.93. The molecule has 302 valence electrons. The molecule has 4 N–H and O–H groups in total. The normalized spacial score (nSPS) is 18.3. The zero-order valence-corrected chi connectivity index (χ0v) is 32.5. The van der Waals surface area contributed by atoms with E-state index < -0.39 is 58.9 Å². The number of likely N-dealkylation sites (tertiary alicyclic amines) is 2. The number of oxazole rings is 1. The molecule has 0 radical (unpaired) electrons. The van der Waals surface area contributed by atoms with Gasteiger partial charge in [-0.2, -0.15) is 0 Å². The number of carbonyl (C=O) groups excluding carboxylic acids is 6. The van der Waals surface area contributed by atoms with Crippen LogP contribution in [0, 0.1) is 0 Å². The van der Waals surface area contributed by atoms with Crippen molar-refractivity contribution in [3.8, 4) is 22.8 Å². The highest BCUT2D eigenvalue weighted by Crippen LogP contribution is 2.41. The molecule has 0 saturated carbocycles. The van der Waals surface area contributed by atoms with Gasteiger partial charge < -0.3 is 35.2 Å². The summed E-state index contributed by atoms with van der Waals surface area (Å²) in [6, 6.07) is 30.2. The molecule has 1 aromatic heterocycles. The van der Waals surface area contributed by atoms with Crippen molar-refractivity contribution in [3.05, 3.63) is 138 Å². The van der Waals surface area contributed by atoms with Crippen LogP contribution in [-0.4, -0.2) is 63.4 Å². The van der Waals surface area contributed by atoms with Gasteiger partial charge in [0.1, 0.15) is 0 Å². The largest absolute Gasteiger partial charge is 0.436 e. The van der Waals surface area contributed by atoms with Crippen LogP contribution >= 0.6 is 0 Å². The molecule has 2 fully saturated rings. The van der Waals surface area contributed by atoms with Crippen LogP contribution in [0.4, 0.5) is 0 Å². The number of primary amides is 2. The minimum Gasteiger partial charge on any atom is -0.436 e. The first-order chi connectivity index (χ1) is 28.4. The number of hydrogen-bond acceptors (Lipinski definition) is 10. The number of rotatable bonds is 12. The number of amides is 4. The van der Waals surface area contributed by atoms with Crippen molar-refractivity contribution < 1.29 is 42.7 Å². The van der Waals surface area contributed by atoms with E-state index in [1.54, 1.807) is 52.4 Å². The summed E-state index contributed by atoms with van der Waals surface area (Å²) in [7, 11) is 0. The maximum atomic E-state index is 14.2. The fraction of sp³-hybridized carbons (Fsp3) is 0.267. The molecular formula is C45H43N5O9. The van der Waals surface area contributed by atoms with Crippen LogP contribution in [-0.2, 0) is 49.4 Å². The summed E-state index contributed by atoms with van der Waals surface area (Å²) in [5.74, 6) is -4.34. The fourth-order valence-corrected chi connectivity index (χ4v) is 8.20. The lowest BCUT2D eigenvalue weighted by Gasteiger charge is -2.35. The van der Waals surface area contributed by atoms with Crippen molar-refractivity contribution in [1.29, 1.82) is 0 Å². The Bertz CT molecular complexity index is 2220. The van der Waals surface area contributed by atoms with E-state index >= 15 is 0 Å². The summed E-state index contributed by atoms with van der Waals surface area (Å²) >= 11 is 0. The van der Waals surface area contributed by atoms with E-state index in [-0.39, 0.29) is 11.1 Å². The maximum absolute atomic E-state index is 14.2. The molecular weight excluding hydrogens is 755 g/mol. The topological polar surface area (TPSA) is 205 Å². The summed E-state index contributed by atoms with van der Waals surface area (Å²) in [6.07, 6.45) is 4.18. The second-order valence-electron chi connectivity index (χ2n) is 14.6. The Morgan fingerprint density at radius 3 is 1.41 bits per heavy atom. The van der Waals surface area contributed by atoms with E-state index in [4.69, 9.17) is 25.4 Å². The first-order valence-corrected chi connectivity index (χ1v) is 19.3. The average molecular weight is 798 g/mol. The quantitative estimate of drug-likeness (QED) is 0.124. The molecule has 0 spiro atoms. The van der Waals surface area contributed by atoms with Crippen LogP contribution in [0.5, 0.6) is 0 Å². The Morgan fingerprint density at radius 2 is 1.02 bits per heavy atom. The first kappa shape index (κ1) is 40.1. The highest BCUT2D eigenvalue weighted by molar-refractivity contribution is 6.11. The molecule has 4 amide bonds. The zero-order valence-electron chi connectivity index (χ0n) is 32.5. The Balaban J connectivity index is 1.08. The number of carbonyl (C=O) groups is 6. The molecule has 2 aliphatic heterocycles. The number of benzene rings is 4. The number of nitrogens with zero attached hydrogens (tertiary/aromatic N) is 3. The van der Waals surface area contributed by atoms with E-state index in [9.17, 15) is 28.8 Å². The Kier molecular flexibility index (Phi) is 11.2. The molecule has 59 heavy (non-hydrogen) atoms. The van der Waals surface area contributed by atoms with Crippen LogP contribution in [0.15, 0.2) is 120 Å². The van der Waals surface area contributed by atoms with Gasteiger partial charge in [-0.3, -0.25) is 28.8 Å². The van der Waals surface area contributed by atoms with Crippen LogP contribution in [0.2, 0.25) is 0 Å². The summed E-state index contributed by atoms with van der Waals surface area (Å²) in [4.78, 5) is 86.5. The standard InChI is InChI=1S/C45H43N5O9/c1-28(51)58-44(40(46)53,34-11-5-3-6-12-34)42(55)49-25-9-15-36(49)30-17-21-32(22-18-30)38-27-48-39(57-38)33-23-19-31(20-24-33)37-16-10-26-50(37)43(56)45(41(47)54,59-29(2)52)35-13-7-4-8-14-35/h3-8,11-14,17-24,27,36-37H,9-10,15-16,25-26H2,1-2H3,(H2,46,53)(H2,47,54)/t36-,37-,44+,45+/m0/s1. The van der Waals surface area contributed by atoms with E-state index in [0.29, 0.717) is 56.0 Å². The van der Waals surface area contributed by atoms with Gasteiger partial charge in [0.25, 0.3) is 34.8 Å². The van der Waals surface area contributed by atoms with Crippen molar-refractivity contribution in [2.75, 3.05) is 13.1 Å². The van der Waals surface area contributed by atoms with Crippen molar-refractivity contribution in [2.45, 2.75) is 62.8 Å². The lowest BCUT2D eigenvalue weighted by atomic mass is 9.90. The summed E-state index contributed by atoms with van der Waals surface area (Å²) in [5, 5.41) is 0. The van der Waals surface area contributed by atoms with Crippen LogP contribution < -0.4 is 11.5 Å². The van der Waals surface area contributed by atoms with Gasteiger partial charge in [0.2, 0.25) is 5.89 Å². The second-order valence-corrected chi connectivity index (χ2v) is 14.6. The fourth-order valence-electron chi connectivity index (χ4n) is 8.20. The van der Waals surface area contributed by atoms with Crippen LogP contribution in [0.25, 0.3) is 22.8 Å². The van der Waals surface area contributed by atoms with Gasteiger partial charge >= 0.3 is 11.9 Å². The number of nitrogens with two attached hydrogens (primary N) is 2. The van der Waals surface area contributed by atoms with Crippen molar-refractivity contribution in [2.24, 2.45) is 11.5 Å². The highest BCUT2D eigenvalue weighted by atomic mass is 16.6. The van der Waals surface area contributed by atoms with Crippen molar-refractivity contribution in [1.82, 2.24) is 14.8 Å². The van der Waals surface area contributed by atoms with Crippen LogP contribution in [0.3, 0.4) is 0 Å². The smallest absolute Gasteiger partial charge is 0.304 e. The van der Waals surface area contributed by atoms with Gasteiger partial charge in [-0.05, 0) is 48.9 Å². The van der Waals surface area contributed by atoms with Gasteiger partial charge in [-0.1, -0.05) is 97.1 Å². The Labute approximate surface area is 340 Å². The third kappa shape index (κ3) is 7.44. The molecule has 4 atom stereocenters. The predicted octanol–water partition coefficient (Wildman–Crippen LogP) is 5.22. The number of ether oxygens (including phenoxy) is 2. The molecule has 0 unspecified atom stereocenters. The SMILES string of the molecule is CC(=O)O[C@](C(N)=O)(C(=O)N1CCC[C@H]1c1ccc(-c2cnc(-c3ccc([C@@H]4CCCN4C(=O)[C@](OC(C)=O)(C(N)=O)c4ccccc4)cc3)o2)cc1)c1ccccc1. The van der Waals surface area contributed by atoms with Gasteiger partial charge in [0.05, 0.1) is 18.3 Å². The van der Waals surface area contributed by atoms with Gasteiger partial charge in [-0.15, -0.1) is 0 Å². The maximum Gasteiger partial charge on any atom is 0.304 e. The van der Waals surface area contributed by atoms with Gasteiger partial charge in [0.15, 0.2) is 5.76 Å². The van der Waals surface area contributed by atoms with E-state index in [2.05, 4.69) is 4.98 Å². The second kappa shape index (κ2) is 16.4. The first-order valence-electron chi connectivity index (χ1n) is 19.3. The van der Waals surface area contributed by atoms with Gasteiger partial charge in [0, 0.05) is 49.2 Å².